The predicted octanol–water partition coefficient (Wildman–Crippen LogP) is 4.19. The van der Waals surface area contributed by atoms with Crippen molar-refractivity contribution in [1.82, 2.24) is 4.98 Å². The van der Waals surface area contributed by atoms with Gasteiger partial charge in [0, 0.05) is 10.7 Å². The van der Waals surface area contributed by atoms with Crippen LogP contribution in [0.15, 0.2) is 22.8 Å². The molecule has 0 radical (unpaired) electrons. The zero-order chi connectivity index (χ0) is 11.7. The van der Waals surface area contributed by atoms with Gasteiger partial charge in [-0.25, -0.2) is 4.39 Å². The van der Waals surface area contributed by atoms with Crippen LogP contribution < -0.4 is 4.74 Å². The molecular weight excluding hydrogens is 296 g/mol. The monoisotopic (exact) mass is 303 g/mol. The molecule has 0 spiro atoms. The van der Waals surface area contributed by atoms with Crippen molar-refractivity contribution in [2.45, 2.75) is 6.92 Å². The molecule has 1 heterocycles. The molecule has 0 amide bonds. The Hall–Kier alpha value is -0.870. The lowest BCUT2D eigenvalue weighted by Gasteiger charge is -2.09. The minimum Gasteiger partial charge on any atom is -0.493 e. The number of pyridine rings is 1. The standard InChI is InChI=1S/C11H8BrClFNO/c1-2-16-8-3-4-15-11-6(12)5-7(14)10(13)9(8)11/h3-5H,2H2,1H3. The number of hydrogen-bond acceptors (Lipinski definition) is 2. The Balaban J connectivity index is 2.84. The maximum atomic E-state index is 13.5. The van der Waals surface area contributed by atoms with Crippen molar-refractivity contribution < 1.29 is 9.13 Å². The highest BCUT2D eigenvalue weighted by molar-refractivity contribution is 9.10. The molecule has 0 N–H and O–H groups in total. The molecule has 5 heteroatoms. The van der Waals surface area contributed by atoms with Gasteiger partial charge in [0.05, 0.1) is 22.5 Å². The van der Waals surface area contributed by atoms with E-state index in [4.69, 9.17) is 16.3 Å². The van der Waals surface area contributed by atoms with Gasteiger partial charge in [0.1, 0.15) is 11.6 Å². The lowest BCUT2D eigenvalue weighted by molar-refractivity contribution is 0.344. The maximum Gasteiger partial charge on any atom is 0.143 e. The van der Waals surface area contributed by atoms with Crippen LogP contribution >= 0.6 is 27.5 Å². The van der Waals surface area contributed by atoms with Crippen molar-refractivity contribution in [3.05, 3.63) is 33.6 Å². The van der Waals surface area contributed by atoms with E-state index in [0.717, 1.165) is 0 Å². The maximum absolute atomic E-state index is 13.5. The summed E-state index contributed by atoms with van der Waals surface area (Å²) in [5, 5.41) is 0.535. The van der Waals surface area contributed by atoms with Gasteiger partial charge in [-0.05, 0) is 35.0 Å². The summed E-state index contributed by atoms with van der Waals surface area (Å²) in [7, 11) is 0. The van der Waals surface area contributed by atoms with Crippen LogP contribution in [0.5, 0.6) is 5.75 Å². The predicted molar refractivity (Wildman–Crippen MR) is 65.6 cm³/mol. The molecule has 84 valence electrons. The number of aromatic nitrogens is 1. The zero-order valence-corrected chi connectivity index (χ0v) is 10.8. The molecule has 0 aliphatic carbocycles. The second-order valence-corrected chi connectivity index (χ2v) is 4.35. The molecule has 0 aliphatic rings. The molecular formula is C11H8BrClFNO. The largest absolute Gasteiger partial charge is 0.493 e. The van der Waals surface area contributed by atoms with Crippen LogP contribution in [-0.2, 0) is 0 Å². The van der Waals surface area contributed by atoms with Crippen molar-refractivity contribution >= 4 is 38.4 Å². The summed E-state index contributed by atoms with van der Waals surface area (Å²) in [5.41, 5.74) is 0.595. The van der Waals surface area contributed by atoms with Crippen LogP contribution in [0.1, 0.15) is 6.92 Å². The summed E-state index contributed by atoms with van der Waals surface area (Å²) < 4.78 is 19.4. The van der Waals surface area contributed by atoms with Crippen molar-refractivity contribution in [2.24, 2.45) is 0 Å². The van der Waals surface area contributed by atoms with E-state index in [1.54, 1.807) is 12.3 Å². The smallest absolute Gasteiger partial charge is 0.143 e. The second kappa shape index (κ2) is 4.55. The van der Waals surface area contributed by atoms with Crippen LogP contribution in [0.2, 0.25) is 5.02 Å². The highest BCUT2D eigenvalue weighted by Crippen LogP contribution is 2.36. The van der Waals surface area contributed by atoms with E-state index in [2.05, 4.69) is 20.9 Å². The normalized spacial score (nSPS) is 10.8. The SMILES string of the molecule is CCOc1ccnc2c(Br)cc(F)c(Cl)c12. The molecule has 1 aromatic heterocycles. The van der Waals surface area contributed by atoms with E-state index in [0.29, 0.717) is 27.7 Å². The molecule has 0 bridgehead atoms. The first kappa shape index (κ1) is 11.6. The van der Waals surface area contributed by atoms with Crippen LogP contribution in [-0.4, -0.2) is 11.6 Å². The number of benzene rings is 1. The van der Waals surface area contributed by atoms with E-state index in [1.165, 1.54) is 6.07 Å². The third-order valence-corrected chi connectivity index (χ3v) is 3.10. The molecule has 0 fully saturated rings. The molecule has 1 aromatic carbocycles. The van der Waals surface area contributed by atoms with Gasteiger partial charge in [-0.1, -0.05) is 11.6 Å². The Morgan fingerprint density at radius 2 is 2.31 bits per heavy atom. The first-order chi connectivity index (χ1) is 7.65. The molecule has 0 unspecified atom stereocenters. The Morgan fingerprint density at radius 1 is 1.56 bits per heavy atom. The van der Waals surface area contributed by atoms with Gasteiger partial charge in [-0.15, -0.1) is 0 Å². The van der Waals surface area contributed by atoms with Gasteiger partial charge < -0.3 is 4.74 Å². The van der Waals surface area contributed by atoms with Gasteiger partial charge in [0.25, 0.3) is 0 Å². The highest BCUT2D eigenvalue weighted by atomic mass is 79.9. The van der Waals surface area contributed by atoms with Crippen LogP contribution in [0.4, 0.5) is 4.39 Å². The molecule has 0 atom stereocenters. The summed E-state index contributed by atoms with van der Waals surface area (Å²) >= 11 is 9.17. The minimum atomic E-state index is -0.491. The number of halogens is 3. The number of ether oxygens (including phenoxy) is 1. The Kier molecular flexibility index (Phi) is 3.30. The van der Waals surface area contributed by atoms with Gasteiger partial charge in [0.15, 0.2) is 0 Å². The molecule has 16 heavy (non-hydrogen) atoms. The second-order valence-electron chi connectivity index (χ2n) is 3.12. The van der Waals surface area contributed by atoms with Crippen molar-refractivity contribution in [3.8, 4) is 5.75 Å². The summed E-state index contributed by atoms with van der Waals surface area (Å²) in [4.78, 5) is 4.15. The van der Waals surface area contributed by atoms with Crippen molar-refractivity contribution in [3.63, 3.8) is 0 Å². The van der Waals surface area contributed by atoms with Gasteiger partial charge in [-0.2, -0.15) is 0 Å². The first-order valence-electron chi connectivity index (χ1n) is 4.70. The molecule has 2 aromatic rings. The lowest BCUT2D eigenvalue weighted by Crippen LogP contribution is -1.95. The average Bonchev–Trinajstić information content (AvgIpc) is 2.26. The molecule has 2 nitrogen and oxygen atoms in total. The van der Waals surface area contributed by atoms with Gasteiger partial charge in [-0.3, -0.25) is 4.98 Å². The quantitative estimate of drug-likeness (QED) is 0.776. The molecule has 0 saturated carbocycles. The first-order valence-corrected chi connectivity index (χ1v) is 5.87. The average molecular weight is 305 g/mol. The zero-order valence-electron chi connectivity index (χ0n) is 8.43. The molecule has 2 rings (SSSR count). The third kappa shape index (κ3) is 1.87. The van der Waals surface area contributed by atoms with Crippen LogP contribution in [0, 0.1) is 5.82 Å². The third-order valence-electron chi connectivity index (χ3n) is 2.12. The number of fused-ring (bicyclic) bond motifs is 1. The topological polar surface area (TPSA) is 22.1 Å². The van der Waals surface area contributed by atoms with Crippen molar-refractivity contribution in [1.29, 1.82) is 0 Å². The van der Waals surface area contributed by atoms with Gasteiger partial charge in [0.2, 0.25) is 0 Å². The van der Waals surface area contributed by atoms with E-state index in [-0.39, 0.29) is 5.02 Å². The van der Waals surface area contributed by atoms with E-state index in [9.17, 15) is 4.39 Å². The summed E-state index contributed by atoms with van der Waals surface area (Å²) in [6.07, 6.45) is 1.60. The van der Waals surface area contributed by atoms with E-state index >= 15 is 0 Å². The minimum absolute atomic E-state index is 0.0368. The molecule has 0 aliphatic heterocycles. The summed E-state index contributed by atoms with van der Waals surface area (Å²) in [6, 6.07) is 2.97. The Labute approximate surface area is 106 Å². The van der Waals surface area contributed by atoms with Crippen molar-refractivity contribution in [2.75, 3.05) is 6.61 Å². The highest BCUT2D eigenvalue weighted by Gasteiger charge is 2.14. The fraction of sp³-hybridized carbons (Fsp3) is 0.182. The van der Waals surface area contributed by atoms with Crippen LogP contribution in [0.25, 0.3) is 10.9 Å². The van der Waals surface area contributed by atoms with Crippen LogP contribution in [0.3, 0.4) is 0 Å². The summed E-state index contributed by atoms with van der Waals surface area (Å²) in [5.74, 6) is 0.0488. The van der Waals surface area contributed by atoms with Gasteiger partial charge >= 0.3 is 0 Å². The van der Waals surface area contributed by atoms with E-state index in [1.807, 2.05) is 6.92 Å². The lowest BCUT2D eigenvalue weighted by atomic mass is 10.2. The fourth-order valence-corrected chi connectivity index (χ4v) is 2.21. The fourth-order valence-electron chi connectivity index (χ4n) is 1.48. The number of rotatable bonds is 2. The summed E-state index contributed by atoms with van der Waals surface area (Å²) in [6.45, 7) is 2.35. The Bertz CT molecular complexity index is 547. The molecule has 0 saturated heterocycles. The van der Waals surface area contributed by atoms with E-state index < -0.39 is 5.82 Å². The number of nitrogens with zero attached hydrogens (tertiary/aromatic N) is 1. The number of hydrogen-bond donors (Lipinski definition) is 0. The Morgan fingerprint density at radius 3 is 3.00 bits per heavy atom.